The van der Waals surface area contributed by atoms with E-state index in [0.717, 1.165) is 12.0 Å². The number of likely N-dealkylation sites (tertiary alicyclic amines) is 1. The van der Waals surface area contributed by atoms with Crippen LogP contribution in [0.3, 0.4) is 0 Å². The molecule has 2 aliphatic heterocycles. The van der Waals surface area contributed by atoms with Gasteiger partial charge in [0, 0.05) is 12.6 Å². The predicted molar refractivity (Wildman–Crippen MR) is 60.4 cm³/mol. The van der Waals surface area contributed by atoms with Crippen LogP contribution < -0.4 is 5.32 Å². The third-order valence-corrected chi connectivity index (χ3v) is 4.44. The molecular formula is C12H24N2. The topological polar surface area (TPSA) is 15.3 Å². The van der Waals surface area contributed by atoms with Gasteiger partial charge >= 0.3 is 0 Å². The highest BCUT2D eigenvalue weighted by Crippen LogP contribution is 2.42. The van der Waals surface area contributed by atoms with Gasteiger partial charge in [0.1, 0.15) is 0 Å². The number of nitrogens with one attached hydrogen (secondary N) is 1. The fourth-order valence-electron chi connectivity index (χ4n) is 3.09. The molecule has 2 heterocycles. The van der Waals surface area contributed by atoms with E-state index in [4.69, 9.17) is 0 Å². The van der Waals surface area contributed by atoms with Crippen molar-refractivity contribution in [1.82, 2.24) is 10.2 Å². The van der Waals surface area contributed by atoms with Gasteiger partial charge in [-0.3, -0.25) is 0 Å². The van der Waals surface area contributed by atoms with E-state index in [-0.39, 0.29) is 0 Å². The molecule has 0 aliphatic carbocycles. The van der Waals surface area contributed by atoms with Crippen LogP contribution in [0, 0.1) is 11.3 Å². The summed E-state index contributed by atoms with van der Waals surface area (Å²) in [4.78, 5) is 2.65. The highest BCUT2D eigenvalue weighted by Gasteiger charge is 2.43. The summed E-state index contributed by atoms with van der Waals surface area (Å²) in [5.74, 6) is 0.861. The summed E-state index contributed by atoms with van der Waals surface area (Å²) >= 11 is 0. The molecule has 2 unspecified atom stereocenters. The zero-order chi connectivity index (χ0) is 10.2. The Labute approximate surface area is 88.1 Å². The molecule has 2 rings (SSSR count). The molecule has 82 valence electrons. The first-order chi connectivity index (χ1) is 6.64. The third kappa shape index (κ3) is 1.70. The number of nitrogens with zero attached hydrogens (tertiary/aromatic N) is 1. The van der Waals surface area contributed by atoms with Gasteiger partial charge in [-0.2, -0.15) is 0 Å². The Kier molecular flexibility index (Phi) is 2.85. The molecule has 2 heteroatoms. The van der Waals surface area contributed by atoms with Gasteiger partial charge in [0.15, 0.2) is 0 Å². The second-order valence-electron chi connectivity index (χ2n) is 5.53. The molecule has 2 nitrogen and oxygen atoms in total. The first-order valence-corrected chi connectivity index (χ1v) is 6.09. The van der Waals surface area contributed by atoms with Gasteiger partial charge in [0.05, 0.1) is 0 Å². The largest absolute Gasteiger partial charge is 0.316 e. The number of rotatable bonds is 1. The van der Waals surface area contributed by atoms with E-state index in [1.807, 2.05) is 0 Å². The number of hydrogen-bond acceptors (Lipinski definition) is 2. The minimum Gasteiger partial charge on any atom is -0.316 e. The van der Waals surface area contributed by atoms with Crippen molar-refractivity contribution in [2.75, 3.05) is 26.2 Å². The molecule has 2 saturated heterocycles. The van der Waals surface area contributed by atoms with Gasteiger partial charge < -0.3 is 10.2 Å². The fraction of sp³-hybridized carbons (Fsp3) is 1.00. The monoisotopic (exact) mass is 196 g/mol. The van der Waals surface area contributed by atoms with Gasteiger partial charge in [-0.25, -0.2) is 0 Å². The molecule has 14 heavy (non-hydrogen) atoms. The first-order valence-electron chi connectivity index (χ1n) is 6.09. The van der Waals surface area contributed by atoms with Gasteiger partial charge in [-0.1, -0.05) is 6.92 Å². The molecule has 0 aromatic carbocycles. The van der Waals surface area contributed by atoms with Crippen molar-refractivity contribution in [3.8, 4) is 0 Å². The summed E-state index contributed by atoms with van der Waals surface area (Å²) in [6.07, 6.45) is 2.81. The molecular weight excluding hydrogens is 172 g/mol. The van der Waals surface area contributed by atoms with Crippen molar-refractivity contribution in [2.45, 2.75) is 39.7 Å². The Balaban J connectivity index is 2.03. The lowest BCUT2D eigenvalue weighted by Crippen LogP contribution is -2.46. The average molecular weight is 196 g/mol. The van der Waals surface area contributed by atoms with Crippen LogP contribution in [0.25, 0.3) is 0 Å². The second kappa shape index (κ2) is 3.82. The molecule has 0 aromatic heterocycles. The minimum atomic E-state index is 0.648. The van der Waals surface area contributed by atoms with Crippen LogP contribution in [-0.2, 0) is 0 Å². The zero-order valence-corrected chi connectivity index (χ0v) is 9.84. The van der Waals surface area contributed by atoms with Crippen LogP contribution in [0.15, 0.2) is 0 Å². The summed E-state index contributed by atoms with van der Waals surface area (Å²) in [6.45, 7) is 12.2. The van der Waals surface area contributed by atoms with Crippen molar-refractivity contribution in [1.29, 1.82) is 0 Å². The first kappa shape index (κ1) is 10.4. The van der Waals surface area contributed by atoms with Gasteiger partial charge in [0.2, 0.25) is 0 Å². The predicted octanol–water partition coefficient (Wildman–Crippen LogP) is 1.72. The number of piperidine rings is 1. The Hall–Kier alpha value is -0.0800. The minimum absolute atomic E-state index is 0.648. The van der Waals surface area contributed by atoms with Gasteiger partial charge in [-0.15, -0.1) is 0 Å². The zero-order valence-electron chi connectivity index (χ0n) is 9.84. The maximum absolute atomic E-state index is 3.51. The summed E-state index contributed by atoms with van der Waals surface area (Å²) < 4.78 is 0. The molecule has 0 radical (unpaired) electrons. The fourth-order valence-corrected chi connectivity index (χ4v) is 3.09. The Morgan fingerprint density at radius 3 is 2.71 bits per heavy atom. The molecule has 0 aromatic rings. The van der Waals surface area contributed by atoms with E-state index >= 15 is 0 Å². The molecule has 2 atom stereocenters. The van der Waals surface area contributed by atoms with E-state index in [0.29, 0.717) is 5.41 Å². The SMILES string of the molecule is CC(C)N1CCC2(CCNCC2C)C1. The lowest BCUT2D eigenvalue weighted by atomic mass is 9.71. The molecule has 0 bridgehead atoms. The van der Waals surface area contributed by atoms with E-state index in [1.165, 1.54) is 39.0 Å². The normalized spacial score (nSPS) is 39.9. The maximum atomic E-state index is 3.51. The van der Waals surface area contributed by atoms with Crippen LogP contribution in [0.4, 0.5) is 0 Å². The summed E-state index contributed by atoms with van der Waals surface area (Å²) in [5, 5.41) is 3.51. The Morgan fingerprint density at radius 1 is 1.36 bits per heavy atom. The highest BCUT2D eigenvalue weighted by atomic mass is 15.2. The van der Waals surface area contributed by atoms with E-state index in [9.17, 15) is 0 Å². The molecule has 1 spiro atoms. The maximum Gasteiger partial charge on any atom is 0.00447 e. The van der Waals surface area contributed by atoms with Crippen molar-refractivity contribution in [2.24, 2.45) is 11.3 Å². The summed E-state index contributed by atoms with van der Waals surface area (Å²) in [6, 6.07) is 0.733. The average Bonchev–Trinajstić information content (AvgIpc) is 2.56. The molecule has 2 fully saturated rings. The number of hydrogen-bond donors (Lipinski definition) is 1. The van der Waals surface area contributed by atoms with E-state index in [1.54, 1.807) is 0 Å². The van der Waals surface area contributed by atoms with Gasteiger partial charge in [-0.05, 0) is 57.7 Å². The molecule has 1 N–H and O–H groups in total. The second-order valence-corrected chi connectivity index (χ2v) is 5.53. The highest BCUT2D eigenvalue weighted by molar-refractivity contribution is 4.97. The molecule has 2 aliphatic rings. The molecule has 0 amide bonds. The third-order valence-electron chi connectivity index (χ3n) is 4.44. The lowest BCUT2D eigenvalue weighted by molar-refractivity contribution is 0.118. The smallest absolute Gasteiger partial charge is 0.00447 e. The Morgan fingerprint density at radius 2 is 2.14 bits per heavy atom. The summed E-state index contributed by atoms with van der Waals surface area (Å²) in [5.41, 5.74) is 0.648. The van der Waals surface area contributed by atoms with Crippen molar-refractivity contribution in [3.05, 3.63) is 0 Å². The quantitative estimate of drug-likeness (QED) is 0.687. The van der Waals surface area contributed by atoms with E-state index < -0.39 is 0 Å². The van der Waals surface area contributed by atoms with Gasteiger partial charge in [0.25, 0.3) is 0 Å². The van der Waals surface area contributed by atoms with Crippen molar-refractivity contribution >= 4 is 0 Å². The Bertz CT molecular complexity index is 202. The standard InChI is InChI=1S/C12H24N2/c1-10(2)14-7-5-12(9-14)4-6-13-8-11(12)3/h10-11,13H,4-9H2,1-3H3. The van der Waals surface area contributed by atoms with Crippen LogP contribution >= 0.6 is 0 Å². The lowest BCUT2D eigenvalue weighted by Gasteiger charge is -2.40. The van der Waals surface area contributed by atoms with Crippen LogP contribution in [0.5, 0.6) is 0 Å². The van der Waals surface area contributed by atoms with Crippen molar-refractivity contribution < 1.29 is 0 Å². The molecule has 0 saturated carbocycles. The van der Waals surface area contributed by atoms with Crippen LogP contribution in [-0.4, -0.2) is 37.1 Å². The van der Waals surface area contributed by atoms with Crippen molar-refractivity contribution in [3.63, 3.8) is 0 Å². The van der Waals surface area contributed by atoms with Crippen LogP contribution in [0.2, 0.25) is 0 Å². The summed E-state index contributed by atoms with van der Waals surface area (Å²) in [7, 11) is 0. The van der Waals surface area contributed by atoms with E-state index in [2.05, 4.69) is 31.0 Å². The van der Waals surface area contributed by atoms with Crippen LogP contribution in [0.1, 0.15) is 33.6 Å².